The number of nitrogens with zero attached hydrogens (tertiary/aromatic N) is 1. The number of hydrogen-bond acceptors (Lipinski definition) is 1. The molecular weight excluding hydrogens is 254 g/mol. The molecule has 0 aliphatic rings. The van der Waals surface area contributed by atoms with E-state index in [4.69, 9.17) is 0 Å². The van der Waals surface area contributed by atoms with Crippen molar-refractivity contribution >= 4 is 12.4 Å². The molecule has 0 radical (unpaired) electrons. The van der Waals surface area contributed by atoms with Crippen molar-refractivity contribution in [3.8, 4) is 0 Å². The Morgan fingerprint density at radius 2 is 0.895 bits per heavy atom. The number of halogens is 1. The van der Waals surface area contributed by atoms with E-state index in [1.54, 1.807) is 0 Å². The third kappa shape index (κ3) is 16.2. The molecule has 1 nitrogen and oxygen atoms in total. The second-order valence-corrected chi connectivity index (χ2v) is 5.56. The maximum Gasteiger partial charge on any atom is -0.00190 e. The molecule has 0 aromatic rings. The minimum absolute atomic E-state index is 0. The van der Waals surface area contributed by atoms with E-state index >= 15 is 0 Å². The number of rotatable bonds is 14. The predicted molar refractivity (Wildman–Crippen MR) is 91.5 cm³/mol. The van der Waals surface area contributed by atoms with Crippen LogP contribution in [0.4, 0.5) is 0 Å². The molecule has 19 heavy (non-hydrogen) atoms. The molecule has 0 fully saturated rings. The highest BCUT2D eigenvalue weighted by molar-refractivity contribution is 5.85. The molecule has 0 heterocycles. The first kappa shape index (κ1) is 21.5. The molecule has 0 saturated carbocycles. The first-order chi connectivity index (χ1) is 8.85. The molecule has 0 aliphatic heterocycles. The summed E-state index contributed by atoms with van der Waals surface area (Å²) in [6.45, 7) is 10.6. The predicted octanol–water partition coefficient (Wildman–Crippen LogP) is 6.06. The van der Waals surface area contributed by atoms with Crippen molar-refractivity contribution in [3.63, 3.8) is 0 Å². The Hall–Kier alpha value is 0.250. The Kier molecular flexibility index (Phi) is 20.7. The fourth-order valence-electron chi connectivity index (χ4n) is 2.54. The van der Waals surface area contributed by atoms with Crippen LogP contribution in [0.25, 0.3) is 0 Å². The fraction of sp³-hybridized carbons (Fsp3) is 1.00. The molecule has 0 rings (SSSR count). The van der Waals surface area contributed by atoms with Crippen LogP contribution in [0.15, 0.2) is 0 Å². The zero-order valence-electron chi connectivity index (χ0n) is 13.8. The molecule has 0 aromatic carbocycles. The van der Waals surface area contributed by atoms with Crippen LogP contribution < -0.4 is 0 Å². The summed E-state index contributed by atoms with van der Waals surface area (Å²) in [6.07, 6.45) is 15.9. The lowest BCUT2D eigenvalue weighted by Gasteiger charge is -2.17. The van der Waals surface area contributed by atoms with Crippen molar-refractivity contribution in [3.05, 3.63) is 0 Å². The lowest BCUT2D eigenvalue weighted by molar-refractivity contribution is 0.295. The van der Waals surface area contributed by atoms with Crippen LogP contribution in [-0.4, -0.2) is 24.5 Å². The first-order valence-corrected chi connectivity index (χ1v) is 8.57. The van der Waals surface area contributed by atoms with Gasteiger partial charge in [-0.05, 0) is 26.1 Å². The second-order valence-electron chi connectivity index (χ2n) is 5.56. The van der Waals surface area contributed by atoms with E-state index in [-0.39, 0.29) is 12.4 Å². The van der Waals surface area contributed by atoms with Gasteiger partial charge >= 0.3 is 0 Å². The van der Waals surface area contributed by atoms with E-state index in [0.717, 1.165) is 0 Å². The topological polar surface area (TPSA) is 3.24 Å². The van der Waals surface area contributed by atoms with Crippen molar-refractivity contribution in [2.45, 2.75) is 91.4 Å². The Labute approximate surface area is 128 Å². The molecule has 0 aliphatic carbocycles. The van der Waals surface area contributed by atoms with Gasteiger partial charge in [0.05, 0.1) is 0 Å². The van der Waals surface area contributed by atoms with E-state index in [2.05, 4.69) is 25.7 Å². The Balaban J connectivity index is 0. The van der Waals surface area contributed by atoms with Crippen LogP contribution in [0, 0.1) is 0 Å². The molecule has 0 saturated heterocycles. The zero-order valence-corrected chi connectivity index (χ0v) is 14.6. The SMILES string of the molecule is CCCCCCCCCCCCCN(CC)CC.Cl. The van der Waals surface area contributed by atoms with Crippen molar-refractivity contribution in [1.29, 1.82) is 0 Å². The van der Waals surface area contributed by atoms with Crippen LogP contribution in [0.3, 0.4) is 0 Å². The van der Waals surface area contributed by atoms with E-state index in [1.807, 2.05) is 0 Å². The van der Waals surface area contributed by atoms with Gasteiger partial charge in [-0.2, -0.15) is 0 Å². The van der Waals surface area contributed by atoms with Gasteiger partial charge in [0.1, 0.15) is 0 Å². The van der Waals surface area contributed by atoms with Crippen LogP contribution in [0.2, 0.25) is 0 Å². The van der Waals surface area contributed by atoms with Gasteiger partial charge in [0.15, 0.2) is 0 Å². The van der Waals surface area contributed by atoms with E-state index < -0.39 is 0 Å². The lowest BCUT2D eigenvalue weighted by atomic mass is 10.1. The fourth-order valence-corrected chi connectivity index (χ4v) is 2.54. The molecule has 0 bridgehead atoms. The van der Waals surface area contributed by atoms with Gasteiger partial charge in [0.25, 0.3) is 0 Å². The molecule has 0 amide bonds. The maximum absolute atomic E-state index is 2.54. The van der Waals surface area contributed by atoms with Crippen molar-refractivity contribution in [1.82, 2.24) is 4.90 Å². The molecule has 2 heteroatoms. The molecular formula is C17H38ClN. The summed E-state index contributed by atoms with van der Waals surface area (Å²) >= 11 is 0. The third-order valence-electron chi connectivity index (χ3n) is 3.97. The van der Waals surface area contributed by atoms with E-state index in [1.165, 1.54) is 90.3 Å². The summed E-state index contributed by atoms with van der Waals surface area (Å²) in [7, 11) is 0. The highest BCUT2D eigenvalue weighted by atomic mass is 35.5. The molecule has 0 atom stereocenters. The van der Waals surface area contributed by atoms with Crippen molar-refractivity contribution in [2.24, 2.45) is 0 Å². The van der Waals surface area contributed by atoms with Crippen molar-refractivity contribution < 1.29 is 0 Å². The van der Waals surface area contributed by atoms with Gasteiger partial charge in [-0.3, -0.25) is 0 Å². The van der Waals surface area contributed by atoms with Crippen LogP contribution in [-0.2, 0) is 0 Å². The first-order valence-electron chi connectivity index (χ1n) is 8.57. The smallest absolute Gasteiger partial charge is 0.00190 e. The largest absolute Gasteiger partial charge is 0.304 e. The maximum atomic E-state index is 2.54. The van der Waals surface area contributed by atoms with Gasteiger partial charge < -0.3 is 4.90 Å². The standard InChI is InChI=1S/C17H37N.ClH/c1-4-7-8-9-10-11-12-13-14-15-16-17-18(5-2)6-3;/h4-17H2,1-3H3;1H. The van der Waals surface area contributed by atoms with Gasteiger partial charge in [0, 0.05) is 0 Å². The monoisotopic (exact) mass is 291 g/mol. The average Bonchev–Trinajstić information content (AvgIpc) is 2.40. The summed E-state index contributed by atoms with van der Waals surface area (Å²) in [6, 6.07) is 0. The average molecular weight is 292 g/mol. The second kappa shape index (κ2) is 18.2. The van der Waals surface area contributed by atoms with Crippen LogP contribution in [0.5, 0.6) is 0 Å². The van der Waals surface area contributed by atoms with E-state index in [0.29, 0.717) is 0 Å². The molecule has 0 N–H and O–H groups in total. The molecule has 0 spiro atoms. The van der Waals surface area contributed by atoms with Gasteiger partial charge in [-0.25, -0.2) is 0 Å². The Morgan fingerprint density at radius 3 is 1.26 bits per heavy atom. The van der Waals surface area contributed by atoms with Gasteiger partial charge in [-0.1, -0.05) is 85.0 Å². The molecule has 0 aromatic heterocycles. The molecule has 0 unspecified atom stereocenters. The van der Waals surface area contributed by atoms with Gasteiger partial charge in [-0.15, -0.1) is 12.4 Å². The highest BCUT2D eigenvalue weighted by Gasteiger charge is 1.98. The molecule has 118 valence electrons. The quantitative estimate of drug-likeness (QED) is 0.352. The number of hydrogen-bond donors (Lipinski definition) is 0. The zero-order chi connectivity index (χ0) is 13.5. The third-order valence-corrected chi connectivity index (χ3v) is 3.97. The van der Waals surface area contributed by atoms with Crippen molar-refractivity contribution in [2.75, 3.05) is 19.6 Å². The minimum atomic E-state index is 0. The lowest BCUT2D eigenvalue weighted by Crippen LogP contribution is -2.23. The van der Waals surface area contributed by atoms with Crippen LogP contribution >= 0.6 is 12.4 Å². The Bertz CT molecular complexity index is 146. The highest BCUT2D eigenvalue weighted by Crippen LogP contribution is 2.11. The summed E-state index contributed by atoms with van der Waals surface area (Å²) in [5.41, 5.74) is 0. The number of unbranched alkanes of at least 4 members (excludes halogenated alkanes) is 10. The normalized spacial score (nSPS) is 10.7. The summed E-state index contributed by atoms with van der Waals surface area (Å²) in [5.74, 6) is 0. The minimum Gasteiger partial charge on any atom is -0.304 e. The summed E-state index contributed by atoms with van der Waals surface area (Å²) in [4.78, 5) is 2.54. The van der Waals surface area contributed by atoms with E-state index in [9.17, 15) is 0 Å². The summed E-state index contributed by atoms with van der Waals surface area (Å²) in [5, 5.41) is 0. The summed E-state index contributed by atoms with van der Waals surface area (Å²) < 4.78 is 0. The van der Waals surface area contributed by atoms with Crippen LogP contribution in [0.1, 0.15) is 91.4 Å². The Morgan fingerprint density at radius 1 is 0.526 bits per heavy atom. The van der Waals surface area contributed by atoms with Gasteiger partial charge in [0.2, 0.25) is 0 Å².